The van der Waals surface area contributed by atoms with Crippen molar-refractivity contribution in [3.8, 4) is 5.88 Å². The summed E-state index contributed by atoms with van der Waals surface area (Å²) in [7, 11) is 0. The Morgan fingerprint density at radius 1 is 1.30 bits per heavy atom. The molecule has 0 aromatic carbocycles. The highest BCUT2D eigenvalue weighted by Gasteiger charge is 2.09. The van der Waals surface area contributed by atoms with Crippen molar-refractivity contribution in [3.05, 3.63) is 52.9 Å². The number of hydrogen-bond donors (Lipinski definition) is 0. The molecule has 0 spiro atoms. The van der Waals surface area contributed by atoms with Crippen LogP contribution in [0.25, 0.3) is 0 Å². The summed E-state index contributed by atoms with van der Waals surface area (Å²) >= 11 is 5.70. The number of rotatable bonds is 5. The summed E-state index contributed by atoms with van der Waals surface area (Å²) < 4.78 is 10.4. The molecule has 6 heteroatoms. The highest BCUT2D eigenvalue weighted by atomic mass is 35.5. The maximum absolute atomic E-state index is 11.8. The minimum atomic E-state index is -0.523. The van der Waals surface area contributed by atoms with Gasteiger partial charge in [0, 0.05) is 12.3 Å². The summed E-state index contributed by atoms with van der Waals surface area (Å²) in [4.78, 5) is 19.8. The molecule has 0 fully saturated rings. The van der Waals surface area contributed by atoms with Gasteiger partial charge in [0.1, 0.15) is 12.3 Å². The van der Waals surface area contributed by atoms with Crippen molar-refractivity contribution in [1.29, 1.82) is 0 Å². The normalized spacial score (nSPS) is 10.1. The molecule has 2 heterocycles. The second-order valence-corrected chi connectivity index (χ2v) is 4.27. The monoisotopic (exact) mass is 292 g/mol. The van der Waals surface area contributed by atoms with Gasteiger partial charge in [-0.25, -0.2) is 14.8 Å². The van der Waals surface area contributed by atoms with Gasteiger partial charge in [0.15, 0.2) is 0 Å². The van der Waals surface area contributed by atoms with Crippen LogP contribution in [0.4, 0.5) is 0 Å². The first-order valence-corrected chi connectivity index (χ1v) is 6.44. The molecule has 0 amide bonds. The number of carbonyl (C=O) groups is 1. The molecule has 0 saturated carbocycles. The van der Waals surface area contributed by atoms with E-state index < -0.39 is 5.97 Å². The quantitative estimate of drug-likeness (QED) is 0.793. The van der Waals surface area contributed by atoms with E-state index >= 15 is 0 Å². The molecular formula is C14H13ClN2O3. The number of esters is 1. The number of aromatic nitrogens is 2. The average molecular weight is 293 g/mol. The largest absolute Gasteiger partial charge is 0.478 e. The van der Waals surface area contributed by atoms with Crippen LogP contribution in [0.15, 0.2) is 36.5 Å². The topological polar surface area (TPSA) is 61.3 Å². The highest BCUT2D eigenvalue weighted by Crippen LogP contribution is 2.10. The number of nitrogens with zero attached hydrogens (tertiary/aromatic N) is 2. The molecule has 0 N–H and O–H groups in total. The molecule has 20 heavy (non-hydrogen) atoms. The second-order valence-electron chi connectivity index (χ2n) is 3.84. The van der Waals surface area contributed by atoms with Gasteiger partial charge in [0.2, 0.25) is 5.88 Å². The fourth-order valence-corrected chi connectivity index (χ4v) is 1.59. The number of pyridine rings is 2. The Balaban J connectivity index is 1.96. The van der Waals surface area contributed by atoms with Gasteiger partial charge in [-0.1, -0.05) is 17.7 Å². The van der Waals surface area contributed by atoms with E-state index in [0.717, 1.165) is 0 Å². The van der Waals surface area contributed by atoms with Crippen LogP contribution in [0.2, 0.25) is 5.02 Å². The van der Waals surface area contributed by atoms with E-state index in [0.29, 0.717) is 23.2 Å². The molecule has 5 nitrogen and oxygen atoms in total. The number of carbonyl (C=O) groups excluding carboxylic acids is 1. The summed E-state index contributed by atoms with van der Waals surface area (Å²) in [6, 6.07) is 8.39. The number of ether oxygens (including phenoxy) is 2. The molecule has 0 atom stereocenters. The van der Waals surface area contributed by atoms with Crippen LogP contribution in [-0.2, 0) is 11.3 Å². The standard InChI is InChI=1S/C14H13ClN2O3/c1-2-19-13-5-3-4-11(17-13)9-20-14(18)12-7-6-10(15)8-16-12/h3-8H,2,9H2,1H3. The third-order valence-corrected chi connectivity index (χ3v) is 2.58. The van der Waals surface area contributed by atoms with E-state index in [1.807, 2.05) is 6.92 Å². The molecule has 0 unspecified atom stereocenters. The van der Waals surface area contributed by atoms with Crippen molar-refractivity contribution < 1.29 is 14.3 Å². The minimum Gasteiger partial charge on any atom is -0.478 e. The lowest BCUT2D eigenvalue weighted by Crippen LogP contribution is -2.08. The Hall–Kier alpha value is -2.14. The van der Waals surface area contributed by atoms with Crippen LogP contribution >= 0.6 is 11.6 Å². The Morgan fingerprint density at radius 3 is 2.85 bits per heavy atom. The van der Waals surface area contributed by atoms with Crippen molar-refractivity contribution in [2.45, 2.75) is 13.5 Å². The lowest BCUT2D eigenvalue weighted by Gasteiger charge is -2.06. The predicted molar refractivity (Wildman–Crippen MR) is 73.8 cm³/mol. The van der Waals surface area contributed by atoms with Gasteiger partial charge in [-0.2, -0.15) is 0 Å². The summed E-state index contributed by atoms with van der Waals surface area (Å²) in [5, 5.41) is 0.465. The van der Waals surface area contributed by atoms with Gasteiger partial charge in [-0.15, -0.1) is 0 Å². The smallest absolute Gasteiger partial charge is 0.357 e. The molecule has 0 aliphatic rings. The van der Waals surface area contributed by atoms with Crippen LogP contribution in [0.3, 0.4) is 0 Å². The fourth-order valence-electron chi connectivity index (χ4n) is 1.48. The van der Waals surface area contributed by atoms with Gasteiger partial charge in [-0.3, -0.25) is 0 Å². The molecule has 0 aliphatic heterocycles. The van der Waals surface area contributed by atoms with Crippen molar-refractivity contribution >= 4 is 17.6 Å². The fraction of sp³-hybridized carbons (Fsp3) is 0.214. The van der Waals surface area contributed by atoms with E-state index in [1.54, 1.807) is 24.3 Å². The van der Waals surface area contributed by atoms with Gasteiger partial charge in [0.05, 0.1) is 17.3 Å². The number of halogens is 1. The molecule has 2 aromatic rings. The lowest BCUT2D eigenvalue weighted by atomic mass is 10.3. The lowest BCUT2D eigenvalue weighted by molar-refractivity contribution is 0.0460. The van der Waals surface area contributed by atoms with Crippen LogP contribution in [0, 0.1) is 0 Å². The number of hydrogen-bond acceptors (Lipinski definition) is 5. The molecular weight excluding hydrogens is 280 g/mol. The Bertz CT molecular complexity index is 587. The Labute approximate surface area is 121 Å². The molecule has 0 aliphatic carbocycles. The molecule has 0 radical (unpaired) electrons. The summed E-state index contributed by atoms with van der Waals surface area (Å²) in [6.45, 7) is 2.47. The van der Waals surface area contributed by atoms with E-state index in [1.165, 1.54) is 12.3 Å². The average Bonchev–Trinajstić information content (AvgIpc) is 2.46. The zero-order valence-corrected chi connectivity index (χ0v) is 11.6. The molecule has 2 rings (SSSR count). The first-order valence-electron chi connectivity index (χ1n) is 6.06. The van der Waals surface area contributed by atoms with Crippen LogP contribution in [-0.4, -0.2) is 22.5 Å². The Kier molecular flexibility index (Phi) is 4.90. The van der Waals surface area contributed by atoms with Crippen LogP contribution in [0.1, 0.15) is 23.1 Å². The molecule has 104 valence electrons. The van der Waals surface area contributed by atoms with Gasteiger partial charge < -0.3 is 9.47 Å². The molecule has 2 aromatic heterocycles. The van der Waals surface area contributed by atoms with Crippen molar-refractivity contribution in [2.24, 2.45) is 0 Å². The molecule has 0 saturated heterocycles. The maximum atomic E-state index is 11.8. The summed E-state index contributed by atoms with van der Waals surface area (Å²) in [6.07, 6.45) is 1.39. The second kappa shape index (κ2) is 6.86. The van der Waals surface area contributed by atoms with Gasteiger partial charge >= 0.3 is 5.97 Å². The minimum absolute atomic E-state index is 0.0596. The van der Waals surface area contributed by atoms with Crippen molar-refractivity contribution in [3.63, 3.8) is 0 Å². The SMILES string of the molecule is CCOc1cccc(COC(=O)c2ccc(Cl)cn2)n1. The van der Waals surface area contributed by atoms with E-state index in [9.17, 15) is 4.79 Å². The van der Waals surface area contributed by atoms with Crippen LogP contribution < -0.4 is 4.74 Å². The van der Waals surface area contributed by atoms with E-state index in [-0.39, 0.29) is 12.3 Å². The van der Waals surface area contributed by atoms with E-state index in [2.05, 4.69) is 9.97 Å². The maximum Gasteiger partial charge on any atom is 0.357 e. The Morgan fingerprint density at radius 2 is 2.15 bits per heavy atom. The molecule has 0 bridgehead atoms. The van der Waals surface area contributed by atoms with Crippen molar-refractivity contribution in [2.75, 3.05) is 6.61 Å². The third kappa shape index (κ3) is 3.93. The third-order valence-electron chi connectivity index (χ3n) is 2.36. The van der Waals surface area contributed by atoms with Gasteiger partial charge in [-0.05, 0) is 25.1 Å². The van der Waals surface area contributed by atoms with E-state index in [4.69, 9.17) is 21.1 Å². The van der Waals surface area contributed by atoms with Crippen LogP contribution in [0.5, 0.6) is 5.88 Å². The predicted octanol–water partition coefficient (Wildman–Crippen LogP) is 2.89. The first kappa shape index (κ1) is 14.3. The summed E-state index contributed by atoms with van der Waals surface area (Å²) in [5.74, 6) is -0.0176. The highest BCUT2D eigenvalue weighted by molar-refractivity contribution is 6.30. The first-order chi connectivity index (χ1) is 9.69. The summed E-state index contributed by atoms with van der Waals surface area (Å²) in [5.41, 5.74) is 0.814. The zero-order valence-electron chi connectivity index (χ0n) is 10.9. The van der Waals surface area contributed by atoms with Gasteiger partial charge in [0.25, 0.3) is 0 Å². The van der Waals surface area contributed by atoms with Crippen molar-refractivity contribution in [1.82, 2.24) is 9.97 Å². The zero-order chi connectivity index (χ0) is 14.4.